The van der Waals surface area contributed by atoms with Crippen molar-refractivity contribution >= 4 is 5.91 Å². The maximum atomic E-state index is 12.5. The number of carbonyl (C=O) groups excluding carboxylic acids is 1. The zero-order valence-corrected chi connectivity index (χ0v) is 10.5. The first-order valence-corrected chi connectivity index (χ1v) is 6.77. The lowest BCUT2D eigenvalue weighted by atomic mass is 10.1. The standard InChI is InChI=1S/C13H19N3O2/c17-13(12-5-1-2-9-18-12)16-8-3-4-11(16)10-6-7-14-15-10/h6-7,11-12H,1-5,8-9H2,(H,14,15)/t11-,12+/m1/s1. The van der Waals surface area contributed by atoms with E-state index in [2.05, 4.69) is 10.2 Å². The number of hydrogen-bond donors (Lipinski definition) is 1. The number of H-pyrrole nitrogens is 1. The van der Waals surface area contributed by atoms with Gasteiger partial charge in [0.25, 0.3) is 5.91 Å². The van der Waals surface area contributed by atoms with E-state index in [0.29, 0.717) is 0 Å². The number of nitrogens with one attached hydrogen (secondary N) is 1. The Morgan fingerprint density at radius 1 is 1.39 bits per heavy atom. The molecular formula is C13H19N3O2. The van der Waals surface area contributed by atoms with E-state index in [9.17, 15) is 4.79 Å². The first-order chi connectivity index (χ1) is 8.86. The van der Waals surface area contributed by atoms with Crippen molar-refractivity contribution in [2.75, 3.05) is 13.2 Å². The number of amides is 1. The van der Waals surface area contributed by atoms with Gasteiger partial charge in [-0.2, -0.15) is 5.10 Å². The van der Waals surface area contributed by atoms with Crippen LogP contribution in [0.15, 0.2) is 12.3 Å². The second-order valence-corrected chi connectivity index (χ2v) is 5.06. The third-order valence-electron chi connectivity index (χ3n) is 3.87. The number of hydrogen-bond acceptors (Lipinski definition) is 3. The van der Waals surface area contributed by atoms with Gasteiger partial charge in [-0.1, -0.05) is 0 Å². The summed E-state index contributed by atoms with van der Waals surface area (Å²) in [6, 6.07) is 2.11. The van der Waals surface area contributed by atoms with Gasteiger partial charge in [0.1, 0.15) is 6.10 Å². The highest BCUT2D eigenvalue weighted by Gasteiger charge is 2.35. The van der Waals surface area contributed by atoms with E-state index in [4.69, 9.17) is 4.74 Å². The molecule has 0 saturated carbocycles. The smallest absolute Gasteiger partial charge is 0.252 e. The van der Waals surface area contributed by atoms with Gasteiger partial charge in [-0.15, -0.1) is 0 Å². The van der Waals surface area contributed by atoms with E-state index >= 15 is 0 Å². The number of aromatic nitrogens is 2. The Morgan fingerprint density at radius 2 is 2.33 bits per heavy atom. The summed E-state index contributed by atoms with van der Waals surface area (Å²) in [5.41, 5.74) is 1.04. The van der Waals surface area contributed by atoms with Crippen molar-refractivity contribution in [2.45, 2.75) is 44.2 Å². The molecule has 0 aromatic carbocycles. The molecule has 2 fully saturated rings. The summed E-state index contributed by atoms with van der Waals surface area (Å²) < 4.78 is 5.60. The van der Waals surface area contributed by atoms with Crippen molar-refractivity contribution in [2.24, 2.45) is 0 Å². The van der Waals surface area contributed by atoms with Gasteiger partial charge in [0.15, 0.2) is 0 Å². The first-order valence-electron chi connectivity index (χ1n) is 6.77. The van der Waals surface area contributed by atoms with Gasteiger partial charge >= 0.3 is 0 Å². The Balaban J connectivity index is 1.72. The zero-order chi connectivity index (χ0) is 12.4. The molecule has 0 radical (unpaired) electrons. The summed E-state index contributed by atoms with van der Waals surface area (Å²) in [4.78, 5) is 14.4. The zero-order valence-electron chi connectivity index (χ0n) is 10.5. The predicted octanol–water partition coefficient (Wildman–Crippen LogP) is 1.64. The van der Waals surface area contributed by atoms with Crippen LogP contribution in [0.2, 0.25) is 0 Å². The molecular weight excluding hydrogens is 230 g/mol. The fraction of sp³-hybridized carbons (Fsp3) is 0.692. The average molecular weight is 249 g/mol. The first kappa shape index (κ1) is 11.7. The van der Waals surface area contributed by atoms with Gasteiger partial charge in [-0.05, 0) is 38.2 Å². The molecule has 0 unspecified atom stereocenters. The van der Waals surface area contributed by atoms with Crippen LogP contribution < -0.4 is 0 Å². The summed E-state index contributed by atoms with van der Waals surface area (Å²) in [6.07, 6.45) is 6.64. The minimum absolute atomic E-state index is 0.158. The summed E-state index contributed by atoms with van der Waals surface area (Å²) in [6.45, 7) is 1.56. The molecule has 2 aliphatic rings. The van der Waals surface area contributed by atoms with Gasteiger partial charge in [-0.25, -0.2) is 0 Å². The minimum atomic E-state index is -0.220. The van der Waals surface area contributed by atoms with Crippen molar-refractivity contribution in [1.82, 2.24) is 15.1 Å². The van der Waals surface area contributed by atoms with Crippen molar-refractivity contribution < 1.29 is 9.53 Å². The molecule has 2 saturated heterocycles. The highest BCUT2D eigenvalue weighted by Crippen LogP contribution is 2.32. The molecule has 98 valence electrons. The summed E-state index contributed by atoms with van der Waals surface area (Å²) in [7, 11) is 0. The van der Waals surface area contributed by atoms with Crippen molar-refractivity contribution in [3.8, 4) is 0 Å². The topological polar surface area (TPSA) is 58.2 Å². The van der Waals surface area contributed by atoms with E-state index in [0.717, 1.165) is 50.9 Å². The van der Waals surface area contributed by atoms with Gasteiger partial charge in [0.2, 0.25) is 0 Å². The predicted molar refractivity (Wildman–Crippen MR) is 65.9 cm³/mol. The van der Waals surface area contributed by atoms with E-state index in [1.165, 1.54) is 0 Å². The number of likely N-dealkylation sites (tertiary alicyclic amines) is 1. The molecule has 5 heteroatoms. The molecule has 0 bridgehead atoms. The molecule has 1 aromatic rings. The van der Waals surface area contributed by atoms with Crippen LogP contribution in [-0.2, 0) is 9.53 Å². The molecule has 18 heavy (non-hydrogen) atoms. The van der Waals surface area contributed by atoms with Crippen molar-refractivity contribution in [1.29, 1.82) is 0 Å². The Morgan fingerprint density at radius 3 is 3.06 bits per heavy atom. The third kappa shape index (κ3) is 2.14. The highest BCUT2D eigenvalue weighted by molar-refractivity contribution is 5.81. The minimum Gasteiger partial charge on any atom is -0.368 e. The normalized spacial score (nSPS) is 28.6. The lowest BCUT2D eigenvalue weighted by molar-refractivity contribution is -0.147. The van der Waals surface area contributed by atoms with Crippen LogP contribution in [0.5, 0.6) is 0 Å². The van der Waals surface area contributed by atoms with E-state index < -0.39 is 0 Å². The van der Waals surface area contributed by atoms with Crippen LogP contribution in [0.4, 0.5) is 0 Å². The molecule has 1 N–H and O–H groups in total. The molecule has 5 nitrogen and oxygen atoms in total. The number of nitrogens with zero attached hydrogens (tertiary/aromatic N) is 2. The number of carbonyl (C=O) groups is 1. The van der Waals surface area contributed by atoms with Crippen LogP contribution >= 0.6 is 0 Å². The van der Waals surface area contributed by atoms with Gasteiger partial charge < -0.3 is 9.64 Å². The average Bonchev–Trinajstić information content (AvgIpc) is 3.09. The quantitative estimate of drug-likeness (QED) is 0.867. The van der Waals surface area contributed by atoms with Gasteiger partial charge in [0, 0.05) is 19.3 Å². The summed E-state index contributed by atoms with van der Waals surface area (Å²) >= 11 is 0. The lowest BCUT2D eigenvalue weighted by Gasteiger charge is -2.30. The van der Waals surface area contributed by atoms with Crippen LogP contribution in [-0.4, -0.2) is 40.3 Å². The largest absolute Gasteiger partial charge is 0.368 e. The second kappa shape index (κ2) is 5.10. The number of aromatic amines is 1. The third-order valence-corrected chi connectivity index (χ3v) is 3.87. The maximum absolute atomic E-state index is 12.5. The summed E-state index contributed by atoms with van der Waals surface area (Å²) in [5.74, 6) is 0.159. The molecule has 2 atom stereocenters. The molecule has 1 aromatic heterocycles. The van der Waals surface area contributed by atoms with Crippen molar-refractivity contribution in [3.05, 3.63) is 18.0 Å². The van der Waals surface area contributed by atoms with E-state index in [1.54, 1.807) is 6.20 Å². The molecule has 1 amide bonds. The molecule has 3 heterocycles. The van der Waals surface area contributed by atoms with Crippen LogP contribution in [0, 0.1) is 0 Å². The Kier molecular flexibility index (Phi) is 3.32. The number of ether oxygens (including phenoxy) is 1. The monoisotopic (exact) mass is 249 g/mol. The lowest BCUT2D eigenvalue weighted by Crippen LogP contribution is -2.41. The fourth-order valence-corrected chi connectivity index (χ4v) is 2.93. The van der Waals surface area contributed by atoms with Gasteiger partial charge in [-0.3, -0.25) is 9.89 Å². The molecule has 0 spiro atoms. The highest BCUT2D eigenvalue weighted by atomic mass is 16.5. The second-order valence-electron chi connectivity index (χ2n) is 5.06. The van der Waals surface area contributed by atoms with E-state index in [-0.39, 0.29) is 18.1 Å². The Hall–Kier alpha value is -1.36. The molecule has 3 rings (SSSR count). The summed E-state index contributed by atoms with van der Waals surface area (Å²) in [5, 5.41) is 6.96. The van der Waals surface area contributed by atoms with E-state index in [1.807, 2.05) is 11.0 Å². The van der Waals surface area contributed by atoms with Crippen LogP contribution in [0.1, 0.15) is 43.8 Å². The fourth-order valence-electron chi connectivity index (χ4n) is 2.93. The molecule has 2 aliphatic heterocycles. The van der Waals surface area contributed by atoms with Crippen LogP contribution in [0.25, 0.3) is 0 Å². The Labute approximate surface area is 107 Å². The van der Waals surface area contributed by atoms with Crippen molar-refractivity contribution in [3.63, 3.8) is 0 Å². The SMILES string of the molecule is O=C([C@@H]1CCCCO1)N1CCC[C@@H]1c1ccn[nH]1. The van der Waals surface area contributed by atoms with Crippen LogP contribution in [0.3, 0.4) is 0 Å². The molecule has 0 aliphatic carbocycles. The van der Waals surface area contributed by atoms with Gasteiger partial charge in [0.05, 0.1) is 11.7 Å². The Bertz CT molecular complexity index is 398. The number of rotatable bonds is 2. The maximum Gasteiger partial charge on any atom is 0.252 e.